The Kier molecular flexibility index (Phi) is 5.17. The highest BCUT2D eigenvalue weighted by Crippen LogP contribution is 2.04. The highest BCUT2D eigenvalue weighted by atomic mass is 32.2. The van der Waals surface area contributed by atoms with Crippen LogP contribution in [0.15, 0.2) is 24.3 Å². The predicted octanol–water partition coefficient (Wildman–Crippen LogP) is -0.175. The molecule has 9 heteroatoms. The molecule has 0 aliphatic heterocycles. The van der Waals surface area contributed by atoms with Gasteiger partial charge in [-0.25, -0.2) is 9.18 Å². The Bertz CT molecular complexity index is 598. The van der Waals surface area contributed by atoms with Gasteiger partial charge in [-0.15, -0.1) is 0 Å². The third-order valence-electron chi connectivity index (χ3n) is 2.29. The van der Waals surface area contributed by atoms with E-state index in [1.165, 1.54) is 12.1 Å². The van der Waals surface area contributed by atoms with Gasteiger partial charge in [-0.1, -0.05) is 12.1 Å². The first kappa shape index (κ1) is 16.1. The van der Waals surface area contributed by atoms with E-state index in [1.807, 2.05) is 5.32 Å². The minimum absolute atomic E-state index is 0.241. The summed E-state index contributed by atoms with van der Waals surface area (Å²) in [6, 6.07) is 3.20. The Labute approximate surface area is 114 Å². The number of hydrogen-bond donors (Lipinski definition) is 3. The van der Waals surface area contributed by atoms with Crippen molar-refractivity contribution in [1.82, 2.24) is 5.32 Å². The van der Waals surface area contributed by atoms with Gasteiger partial charge in [-0.3, -0.25) is 9.35 Å². The summed E-state index contributed by atoms with van der Waals surface area (Å²) in [7, 11) is -4.54. The topological polar surface area (TPSA) is 121 Å². The number of halogens is 1. The molecular formula is C11H12FNO6S. The van der Waals surface area contributed by atoms with Gasteiger partial charge in [0.25, 0.3) is 10.1 Å². The van der Waals surface area contributed by atoms with Crippen LogP contribution in [0.4, 0.5) is 4.39 Å². The van der Waals surface area contributed by atoms with Crippen LogP contribution in [-0.2, 0) is 26.1 Å². The van der Waals surface area contributed by atoms with E-state index < -0.39 is 39.6 Å². The van der Waals surface area contributed by atoms with E-state index in [0.717, 1.165) is 12.1 Å². The van der Waals surface area contributed by atoms with Crippen molar-refractivity contribution >= 4 is 22.0 Å². The molecule has 0 heterocycles. The summed E-state index contributed by atoms with van der Waals surface area (Å²) in [6.45, 7) is 0. The molecule has 1 aromatic carbocycles. The predicted molar refractivity (Wildman–Crippen MR) is 66.1 cm³/mol. The van der Waals surface area contributed by atoms with Gasteiger partial charge in [0.1, 0.15) is 17.6 Å². The van der Waals surface area contributed by atoms with Crippen LogP contribution < -0.4 is 5.32 Å². The number of aliphatic carboxylic acids is 1. The van der Waals surface area contributed by atoms with E-state index in [1.54, 1.807) is 0 Å². The van der Waals surface area contributed by atoms with Crippen LogP contribution in [0.25, 0.3) is 0 Å². The fourth-order valence-electron chi connectivity index (χ4n) is 1.42. The van der Waals surface area contributed by atoms with Gasteiger partial charge in [-0.2, -0.15) is 8.42 Å². The normalized spacial score (nSPS) is 12.7. The quantitative estimate of drug-likeness (QED) is 0.627. The third kappa shape index (κ3) is 5.76. The van der Waals surface area contributed by atoms with E-state index in [-0.39, 0.29) is 6.42 Å². The number of carboxylic acids is 1. The number of amides is 1. The molecule has 0 aliphatic carbocycles. The number of rotatable bonds is 6. The molecule has 0 spiro atoms. The number of nitrogens with one attached hydrogen (secondary N) is 1. The minimum Gasteiger partial charge on any atom is -0.480 e. The van der Waals surface area contributed by atoms with Gasteiger partial charge in [-0.05, 0) is 17.7 Å². The summed E-state index contributed by atoms with van der Waals surface area (Å²) in [6.07, 6.45) is -0.241. The molecule has 0 bridgehead atoms. The van der Waals surface area contributed by atoms with Crippen molar-refractivity contribution in [1.29, 1.82) is 0 Å². The first-order chi connectivity index (χ1) is 9.17. The molecule has 20 heavy (non-hydrogen) atoms. The Morgan fingerprint density at radius 3 is 2.25 bits per heavy atom. The monoisotopic (exact) mass is 305 g/mol. The summed E-state index contributed by atoms with van der Waals surface area (Å²) < 4.78 is 42.5. The van der Waals surface area contributed by atoms with Crippen LogP contribution in [0.1, 0.15) is 5.56 Å². The zero-order valence-corrected chi connectivity index (χ0v) is 10.9. The Morgan fingerprint density at radius 1 is 1.25 bits per heavy atom. The van der Waals surface area contributed by atoms with Gasteiger partial charge >= 0.3 is 5.97 Å². The highest BCUT2D eigenvalue weighted by molar-refractivity contribution is 7.85. The second-order valence-electron chi connectivity index (χ2n) is 4.01. The van der Waals surface area contributed by atoms with Gasteiger partial charge in [0.05, 0.1) is 6.42 Å². The molecule has 0 saturated heterocycles. The number of carboxylic acid groups (broad SMARTS) is 1. The summed E-state index contributed by atoms with van der Waals surface area (Å²) >= 11 is 0. The summed E-state index contributed by atoms with van der Waals surface area (Å²) in [4.78, 5) is 22.3. The number of carbonyl (C=O) groups excluding carboxylic acids is 1. The van der Waals surface area contributed by atoms with E-state index in [0.29, 0.717) is 5.56 Å². The van der Waals surface area contributed by atoms with Crippen LogP contribution in [0.3, 0.4) is 0 Å². The van der Waals surface area contributed by atoms with E-state index in [4.69, 9.17) is 9.66 Å². The van der Waals surface area contributed by atoms with Crippen LogP contribution in [0.2, 0.25) is 0 Å². The molecule has 1 unspecified atom stereocenters. The van der Waals surface area contributed by atoms with Crippen LogP contribution in [-0.4, -0.2) is 41.7 Å². The maximum absolute atomic E-state index is 12.7. The Hall–Kier alpha value is -2.00. The molecule has 0 aromatic heterocycles. The molecule has 1 atom stereocenters. The molecular weight excluding hydrogens is 293 g/mol. The fraction of sp³-hybridized carbons (Fsp3) is 0.273. The van der Waals surface area contributed by atoms with E-state index >= 15 is 0 Å². The number of carbonyl (C=O) groups is 2. The largest absolute Gasteiger partial charge is 0.480 e. The van der Waals surface area contributed by atoms with Crippen molar-refractivity contribution < 1.29 is 32.1 Å². The van der Waals surface area contributed by atoms with Crippen molar-refractivity contribution in [3.8, 4) is 0 Å². The van der Waals surface area contributed by atoms with Crippen molar-refractivity contribution in [2.75, 3.05) is 5.75 Å². The first-order valence-electron chi connectivity index (χ1n) is 5.39. The van der Waals surface area contributed by atoms with Crippen LogP contribution in [0, 0.1) is 5.82 Å². The SMILES string of the molecule is O=C(Cc1ccc(F)cc1)NC(CS(=O)(=O)O)C(=O)O. The minimum atomic E-state index is -4.54. The van der Waals surface area contributed by atoms with Gasteiger partial charge in [0.2, 0.25) is 5.91 Å². The van der Waals surface area contributed by atoms with Gasteiger partial charge in [0.15, 0.2) is 0 Å². The maximum atomic E-state index is 12.7. The standard InChI is InChI=1S/C11H12FNO6S/c12-8-3-1-7(2-4-8)5-10(14)13-9(11(15)16)6-20(17,18)19/h1-4,9H,5-6H2,(H,13,14)(H,15,16)(H,17,18,19). The molecule has 0 aliphatic rings. The zero-order chi connectivity index (χ0) is 15.3. The van der Waals surface area contributed by atoms with Gasteiger partial charge < -0.3 is 10.4 Å². The average Bonchev–Trinajstić information content (AvgIpc) is 2.29. The van der Waals surface area contributed by atoms with Crippen molar-refractivity contribution in [2.24, 2.45) is 0 Å². The summed E-state index contributed by atoms with van der Waals surface area (Å²) in [5.74, 6) is -3.95. The third-order valence-corrected chi connectivity index (χ3v) is 3.04. The molecule has 7 nitrogen and oxygen atoms in total. The van der Waals surface area contributed by atoms with E-state index in [2.05, 4.69) is 0 Å². The molecule has 0 fully saturated rings. The lowest BCUT2D eigenvalue weighted by Gasteiger charge is -2.12. The lowest BCUT2D eigenvalue weighted by atomic mass is 10.1. The summed E-state index contributed by atoms with van der Waals surface area (Å²) in [5, 5.41) is 10.7. The Morgan fingerprint density at radius 2 is 1.80 bits per heavy atom. The maximum Gasteiger partial charge on any atom is 0.327 e. The first-order valence-corrected chi connectivity index (χ1v) is 7.00. The molecule has 0 radical (unpaired) electrons. The zero-order valence-electron chi connectivity index (χ0n) is 10.1. The molecule has 110 valence electrons. The summed E-state index contributed by atoms with van der Waals surface area (Å²) in [5.41, 5.74) is 0.430. The van der Waals surface area contributed by atoms with Crippen molar-refractivity contribution in [3.63, 3.8) is 0 Å². The van der Waals surface area contributed by atoms with Crippen LogP contribution >= 0.6 is 0 Å². The molecule has 3 N–H and O–H groups in total. The lowest BCUT2D eigenvalue weighted by molar-refractivity contribution is -0.141. The second-order valence-corrected chi connectivity index (χ2v) is 5.51. The molecule has 1 amide bonds. The molecule has 1 aromatic rings. The second kappa shape index (κ2) is 6.44. The van der Waals surface area contributed by atoms with Crippen molar-refractivity contribution in [2.45, 2.75) is 12.5 Å². The molecule has 1 rings (SSSR count). The average molecular weight is 305 g/mol. The number of hydrogen-bond acceptors (Lipinski definition) is 4. The fourth-order valence-corrected chi connectivity index (χ4v) is 2.07. The highest BCUT2D eigenvalue weighted by Gasteiger charge is 2.25. The van der Waals surface area contributed by atoms with Gasteiger partial charge in [0, 0.05) is 0 Å². The van der Waals surface area contributed by atoms with Crippen LogP contribution in [0.5, 0.6) is 0 Å². The smallest absolute Gasteiger partial charge is 0.327 e. The van der Waals surface area contributed by atoms with E-state index in [9.17, 15) is 22.4 Å². The van der Waals surface area contributed by atoms with Crippen molar-refractivity contribution in [3.05, 3.63) is 35.6 Å². The lowest BCUT2D eigenvalue weighted by Crippen LogP contribution is -2.45. The number of benzene rings is 1. The molecule has 0 saturated carbocycles. The Balaban J connectivity index is 2.67.